The van der Waals surface area contributed by atoms with Gasteiger partial charge < -0.3 is 5.32 Å². The first kappa shape index (κ1) is 15.5. The summed E-state index contributed by atoms with van der Waals surface area (Å²) in [6.07, 6.45) is 0. The Morgan fingerprint density at radius 3 is 2.10 bits per heavy atom. The van der Waals surface area contributed by atoms with E-state index in [2.05, 4.69) is 95.5 Å². The molecule has 0 saturated carbocycles. The van der Waals surface area contributed by atoms with Crippen LogP contribution < -0.4 is 5.32 Å². The first-order valence-electron chi connectivity index (χ1n) is 6.99. The highest BCUT2D eigenvalue weighted by atomic mass is 79.9. The quantitative estimate of drug-likeness (QED) is 0.736. The molecule has 0 heterocycles. The molecule has 1 N–H and O–H groups in total. The molecule has 0 spiro atoms. The first-order chi connectivity index (χ1) is 9.47. The topological polar surface area (TPSA) is 12.0 Å². The summed E-state index contributed by atoms with van der Waals surface area (Å²) in [5.41, 5.74) is 3.20. The van der Waals surface area contributed by atoms with Gasteiger partial charge in [-0.25, -0.2) is 0 Å². The van der Waals surface area contributed by atoms with Crippen LogP contribution in [0.15, 0.2) is 59.1 Å². The van der Waals surface area contributed by atoms with E-state index in [1.54, 1.807) is 0 Å². The predicted molar refractivity (Wildman–Crippen MR) is 93.5 cm³/mol. The second-order valence-electron chi connectivity index (χ2n) is 6.22. The van der Waals surface area contributed by atoms with Gasteiger partial charge in [-0.15, -0.1) is 0 Å². The summed E-state index contributed by atoms with van der Waals surface area (Å²) in [6.45, 7) is 8.17. The maximum absolute atomic E-state index is 3.76. The third-order valence-corrected chi connectivity index (χ3v) is 6.22. The Morgan fingerprint density at radius 1 is 0.950 bits per heavy atom. The lowest BCUT2D eigenvalue weighted by atomic mass is 10.2. The van der Waals surface area contributed by atoms with E-state index in [1.807, 2.05) is 0 Å². The third-order valence-electron chi connectivity index (χ3n) is 3.42. The maximum Gasteiger partial charge on any atom is 0.0691 e. The molecule has 0 aliphatic rings. The van der Waals surface area contributed by atoms with Crippen LogP contribution in [0.5, 0.6) is 0 Å². The minimum atomic E-state index is -1.33. The van der Waals surface area contributed by atoms with Crippen molar-refractivity contribution >= 4 is 24.0 Å². The van der Waals surface area contributed by atoms with Gasteiger partial charge in [0.05, 0.1) is 8.07 Å². The highest BCUT2D eigenvalue weighted by Crippen LogP contribution is 2.26. The highest BCUT2D eigenvalue weighted by molar-refractivity contribution is 9.10. The van der Waals surface area contributed by atoms with Gasteiger partial charge in [0.2, 0.25) is 0 Å². The number of hydrogen-bond donors (Lipinski definition) is 1. The van der Waals surface area contributed by atoms with Crippen molar-refractivity contribution in [2.24, 2.45) is 0 Å². The molecular weight excluding hydrogens is 326 g/mol. The van der Waals surface area contributed by atoms with Crippen LogP contribution in [0.3, 0.4) is 0 Å². The van der Waals surface area contributed by atoms with Gasteiger partial charge in [0.1, 0.15) is 0 Å². The van der Waals surface area contributed by atoms with E-state index in [0.29, 0.717) is 5.67 Å². The molecule has 0 aromatic heterocycles. The average Bonchev–Trinajstić information content (AvgIpc) is 2.41. The Hall–Kier alpha value is -0.903. The van der Waals surface area contributed by atoms with E-state index >= 15 is 0 Å². The van der Waals surface area contributed by atoms with Crippen molar-refractivity contribution in [3.05, 3.63) is 70.2 Å². The molecule has 0 saturated heterocycles. The van der Waals surface area contributed by atoms with Crippen LogP contribution in [0.4, 0.5) is 0 Å². The van der Waals surface area contributed by atoms with E-state index < -0.39 is 8.07 Å². The molecular formula is C17H22BrNSi. The number of halogens is 1. The monoisotopic (exact) mass is 347 g/mol. The van der Waals surface area contributed by atoms with Crippen molar-refractivity contribution in [3.8, 4) is 0 Å². The molecule has 106 valence electrons. The summed E-state index contributed by atoms with van der Waals surface area (Å²) in [5.74, 6) is 0. The van der Waals surface area contributed by atoms with Gasteiger partial charge in [-0.3, -0.25) is 0 Å². The van der Waals surface area contributed by atoms with E-state index in [-0.39, 0.29) is 0 Å². The smallest absolute Gasteiger partial charge is 0.0691 e. The van der Waals surface area contributed by atoms with Gasteiger partial charge in [0.25, 0.3) is 0 Å². The fourth-order valence-corrected chi connectivity index (χ4v) is 4.57. The average molecular weight is 348 g/mol. The minimum absolute atomic E-state index is 0.468. The van der Waals surface area contributed by atoms with Crippen LogP contribution in [0.1, 0.15) is 16.8 Å². The van der Waals surface area contributed by atoms with Gasteiger partial charge in [-0.1, -0.05) is 78.0 Å². The second kappa shape index (κ2) is 6.70. The van der Waals surface area contributed by atoms with E-state index in [1.165, 1.54) is 11.1 Å². The van der Waals surface area contributed by atoms with Crippen LogP contribution in [-0.4, -0.2) is 8.07 Å². The van der Waals surface area contributed by atoms with Gasteiger partial charge in [-0.2, -0.15) is 0 Å². The van der Waals surface area contributed by atoms with E-state index in [4.69, 9.17) is 0 Å². The van der Waals surface area contributed by atoms with Crippen LogP contribution in [-0.2, 0) is 6.54 Å². The summed E-state index contributed by atoms with van der Waals surface area (Å²) >= 11 is 3.51. The summed E-state index contributed by atoms with van der Waals surface area (Å²) in [4.78, 5) is 0. The SMILES string of the molecule is C[Si](C)(C)C(NCc1ccccc1)c1ccc(Br)cc1. The maximum atomic E-state index is 3.76. The minimum Gasteiger partial charge on any atom is -0.309 e. The molecule has 0 aliphatic carbocycles. The standard InChI is InChI=1S/C17H22BrNSi/c1-20(2,3)17(15-9-11-16(18)12-10-15)19-13-14-7-5-4-6-8-14/h4-12,17,19H,13H2,1-3H3. The zero-order valence-electron chi connectivity index (χ0n) is 12.4. The van der Waals surface area contributed by atoms with Crippen LogP contribution >= 0.6 is 15.9 Å². The second-order valence-corrected chi connectivity index (χ2v) is 12.4. The Morgan fingerprint density at radius 2 is 1.55 bits per heavy atom. The zero-order chi connectivity index (χ0) is 14.6. The molecule has 0 fully saturated rings. The molecule has 0 radical (unpaired) electrons. The van der Waals surface area contributed by atoms with Crippen LogP contribution in [0.25, 0.3) is 0 Å². The first-order valence-corrected chi connectivity index (χ1v) is 11.4. The Balaban J connectivity index is 2.14. The van der Waals surface area contributed by atoms with Crippen LogP contribution in [0, 0.1) is 0 Å². The largest absolute Gasteiger partial charge is 0.309 e. The number of rotatable bonds is 5. The fraction of sp³-hybridized carbons (Fsp3) is 0.294. The lowest BCUT2D eigenvalue weighted by Crippen LogP contribution is -2.40. The lowest BCUT2D eigenvalue weighted by Gasteiger charge is -2.30. The van der Waals surface area contributed by atoms with Gasteiger partial charge in [0.15, 0.2) is 0 Å². The Labute approximate surface area is 131 Å². The number of nitrogens with one attached hydrogen (secondary N) is 1. The number of benzene rings is 2. The molecule has 0 bridgehead atoms. The molecule has 0 amide bonds. The Bertz CT molecular complexity index is 531. The third kappa shape index (κ3) is 4.30. The van der Waals surface area contributed by atoms with Crippen LogP contribution in [0.2, 0.25) is 19.6 Å². The summed E-state index contributed by atoms with van der Waals surface area (Å²) in [6, 6.07) is 19.3. The number of hydrogen-bond acceptors (Lipinski definition) is 1. The summed E-state index contributed by atoms with van der Waals surface area (Å²) in [7, 11) is -1.33. The molecule has 1 nitrogen and oxygen atoms in total. The van der Waals surface area contributed by atoms with Gasteiger partial charge in [0, 0.05) is 16.7 Å². The predicted octanol–water partition coefficient (Wildman–Crippen LogP) is 5.16. The van der Waals surface area contributed by atoms with Crippen molar-refractivity contribution in [2.45, 2.75) is 31.9 Å². The van der Waals surface area contributed by atoms with E-state index in [0.717, 1.165) is 11.0 Å². The molecule has 1 unspecified atom stereocenters. The van der Waals surface area contributed by atoms with Crippen molar-refractivity contribution in [2.75, 3.05) is 0 Å². The van der Waals surface area contributed by atoms with E-state index in [9.17, 15) is 0 Å². The normalized spacial score (nSPS) is 13.2. The highest BCUT2D eigenvalue weighted by Gasteiger charge is 2.27. The van der Waals surface area contributed by atoms with Crippen molar-refractivity contribution in [1.29, 1.82) is 0 Å². The van der Waals surface area contributed by atoms with Crippen molar-refractivity contribution in [3.63, 3.8) is 0 Å². The molecule has 1 atom stereocenters. The summed E-state index contributed by atoms with van der Waals surface area (Å²) in [5, 5.41) is 3.76. The van der Waals surface area contributed by atoms with Gasteiger partial charge in [-0.05, 0) is 23.3 Å². The molecule has 2 aromatic carbocycles. The molecule has 2 rings (SSSR count). The molecule has 0 aliphatic heterocycles. The van der Waals surface area contributed by atoms with Crippen molar-refractivity contribution in [1.82, 2.24) is 5.32 Å². The van der Waals surface area contributed by atoms with Gasteiger partial charge >= 0.3 is 0 Å². The lowest BCUT2D eigenvalue weighted by molar-refractivity contribution is 0.648. The Kier molecular flexibility index (Phi) is 5.19. The molecule has 3 heteroatoms. The van der Waals surface area contributed by atoms with Crippen molar-refractivity contribution < 1.29 is 0 Å². The fourth-order valence-electron chi connectivity index (χ4n) is 2.40. The molecule has 20 heavy (non-hydrogen) atoms. The molecule has 2 aromatic rings. The zero-order valence-corrected chi connectivity index (χ0v) is 14.9. The summed E-state index contributed by atoms with van der Waals surface area (Å²) < 4.78 is 1.14.